The number of carbonyl (C=O) groups is 2. The number of phosphoric acid groups is 1. The Balaban J connectivity index is 4.20. The second kappa shape index (κ2) is 42.3. The molecule has 0 bridgehead atoms. The number of hydrogen-bond acceptors (Lipinski definition) is 8. The summed E-state index contributed by atoms with van der Waals surface area (Å²) in [5, 5.41) is 0. The lowest BCUT2D eigenvalue weighted by Crippen LogP contribution is -2.37. The zero-order valence-electron chi connectivity index (χ0n) is 39.7. The molecule has 10 heteroatoms. The number of rotatable bonds is 47. The summed E-state index contributed by atoms with van der Waals surface area (Å²) in [5.41, 5.74) is 0. The summed E-state index contributed by atoms with van der Waals surface area (Å²) in [6.07, 6.45) is 44.1. The molecule has 0 amide bonds. The lowest BCUT2D eigenvalue weighted by molar-refractivity contribution is -0.870. The van der Waals surface area contributed by atoms with Gasteiger partial charge in [-0.15, -0.1) is 0 Å². The molecule has 9 nitrogen and oxygen atoms in total. The van der Waals surface area contributed by atoms with Crippen molar-refractivity contribution < 1.29 is 42.1 Å². The SMILES string of the molecule is CCCCCCCCCCCCCCCCCCCCCCC(=O)OC(COC(=O)CCCCCCCCCCCCCCCCC)COP(=O)([O-])OCC[N+](C)(C)C. The number of carbonyl (C=O) groups excluding carboxylic acids is 2. The number of likely N-dealkylation sites (N-methyl/N-ethyl adjacent to an activating group) is 1. The van der Waals surface area contributed by atoms with Crippen LogP contribution in [0.2, 0.25) is 0 Å². The Morgan fingerprint density at radius 1 is 0.458 bits per heavy atom. The number of phosphoric ester groups is 1. The monoisotopic (exact) mass is 860 g/mol. The fourth-order valence-corrected chi connectivity index (χ4v) is 8.15. The predicted molar refractivity (Wildman–Crippen MR) is 245 cm³/mol. The summed E-state index contributed by atoms with van der Waals surface area (Å²) in [6, 6.07) is 0. The van der Waals surface area contributed by atoms with E-state index in [1.807, 2.05) is 21.1 Å². The van der Waals surface area contributed by atoms with E-state index in [1.165, 1.54) is 186 Å². The highest BCUT2D eigenvalue weighted by Gasteiger charge is 2.21. The summed E-state index contributed by atoms with van der Waals surface area (Å²) in [5.74, 6) is -0.814. The first-order chi connectivity index (χ1) is 28.5. The van der Waals surface area contributed by atoms with Gasteiger partial charge in [0.2, 0.25) is 0 Å². The summed E-state index contributed by atoms with van der Waals surface area (Å²) >= 11 is 0. The van der Waals surface area contributed by atoms with Crippen LogP contribution in [0, 0.1) is 0 Å². The quantitative estimate of drug-likeness (QED) is 0.0257. The van der Waals surface area contributed by atoms with Crippen molar-refractivity contribution in [2.75, 3.05) is 47.5 Å². The van der Waals surface area contributed by atoms with Crippen LogP contribution in [0.25, 0.3) is 0 Å². The van der Waals surface area contributed by atoms with Crippen molar-refractivity contribution in [2.45, 2.75) is 258 Å². The fraction of sp³-hybridized carbons (Fsp3) is 0.959. The molecule has 0 aliphatic heterocycles. The Morgan fingerprint density at radius 3 is 1.08 bits per heavy atom. The minimum atomic E-state index is -4.62. The average Bonchev–Trinajstić information content (AvgIpc) is 3.19. The van der Waals surface area contributed by atoms with E-state index in [-0.39, 0.29) is 32.0 Å². The first-order valence-electron chi connectivity index (χ1n) is 25.2. The van der Waals surface area contributed by atoms with E-state index in [0.717, 1.165) is 32.1 Å². The van der Waals surface area contributed by atoms with E-state index in [9.17, 15) is 19.0 Å². The second-order valence-electron chi connectivity index (χ2n) is 18.6. The molecule has 0 aliphatic carbocycles. The van der Waals surface area contributed by atoms with Gasteiger partial charge in [-0.1, -0.05) is 226 Å². The Bertz CT molecular complexity index is 974. The van der Waals surface area contributed by atoms with Gasteiger partial charge in [-0.2, -0.15) is 0 Å². The lowest BCUT2D eigenvalue weighted by atomic mass is 10.0. The van der Waals surface area contributed by atoms with E-state index >= 15 is 0 Å². The maximum atomic E-state index is 12.7. The van der Waals surface area contributed by atoms with Crippen molar-refractivity contribution >= 4 is 19.8 Å². The molecule has 0 aliphatic rings. The predicted octanol–water partition coefficient (Wildman–Crippen LogP) is 14.1. The molecule has 0 aromatic rings. The normalized spacial score (nSPS) is 13.4. The van der Waals surface area contributed by atoms with E-state index in [2.05, 4.69) is 13.8 Å². The molecular weight excluding hydrogens is 762 g/mol. The molecule has 59 heavy (non-hydrogen) atoms. The Hall–Kier alpha value is -0.990. The Labute approximate surface area is 365 Å². The smallest absolute Gasteiger partial charge is 0.306 e. The van der Waals surface area contributed by atoms with Crippen LogP contribution in [-0.4, -0.2) is 70.0 Å². The molecule has 352 valence electrons. The van der Waals surface area contributed by atoms with Crippen molar-refractivity contribution in [2.24, 2.45) is 0 Å². The van der Waals surface area contributed by atoms with Crippen molar-refractivity contribution in [3.63, 3.8) is 0 Å². The Kier molecular flexibility index (Phi) is 41.6. The number of hydrogen-bond donors (Lipinski definition) is 0. The van der Waals surface area contributed by atoms with Crippen LogP contribution < -0.4 is 4.89 Å². The number of unbranched alkanes of at least 4 members (excludes halogenated alkanes) is 33. The second-order valence-corrected chi connectivity index (χ2v) is 20.0. The first-order valence-corrected chi connectivity index (χ1v) is 26.7. The van der Waals surface area contributed by atoms with Crippen molar-refractivity contribution in [1.29, 1.82) is 0 Å². The van der Waals surface area contributed by atoms with Gasteiger partial charge in [0.05, 0.1) is 27.7 Å². The molecule has 0 fully saturated rings. The highest BCUT2D eigenvalue weighted by molar-refractivity contribution is 7.45. The highest BCUT2D eigenvalue weighted by Crippen LogP contribution is 2.38. The molecule has 2 unspecified atom stereocenters. The van der Waals surface area contributed by atoms with Crippen LogP contribution in [0.15, 0.2) is 0 Å². The zero-order chi connectivity index (χ0) is 43.6. The summed E-state index contributed by atoms with van der Waals surface area (Å²) in [4.78, 5) is 37.7. The van der Waals surface area contributed by atoms with Gasteiger partial charge in [-0.3, -0.25) is 14.2 Å². The lowest BCUT2D eigenvalue weighted by Gasteiger charge is -2.28. The molecule has 2 atom stereocenters. The van der Waals surface area contributed by atoms with Crippen molar-refractivity contribution in [3.8, 4) is 0 Å². The molecule has 0 rings (SSSR count). The van der Waals surface area contributed by atoms with Gasteiger partial charge in [-0.25, -0.2) is 0 Å². The molecule has 0 spiro atoms. The van der Waals surface area contributed by atoms with Crippen LogP contribution in [0.1, 0.15) is 251 Å². The number of esters is 2. The molecule has 0 radical (unpaired) electrons. The van der Waals surface area contributed by atoms with Crippen molar-refractivity contribution in [1.82, 2.24) is 0 Å². The Morgan fingerprint density at radius 2 is 0.763 bits per heavy atom. The summed E-state index contributed by atoms with van der Waals surface area (Å²) < 4.78 is 34.0. The van der Waals surface area contributed by atoms with Gasteiger partial charge < -0.3 is 27.9 Å². The third-order valence-corrected chi connectivity index (χ3v) is 12.3. The van der Waals surface area contributed by atoms with Crippen LogP contribution in [0.4, 0.5) is 0 Å². The zero-order valence-corrected chi connectivity index (χ0v) is 40.6. The largest absolute Gasteiger partial charge is 0.756 e. The van der Waals surface area contributed by atoms with Crippen molar-refractivity contribution in [3.05, 3.63) is 0 Å². The van der Waals surface area contributed by atoms with Crippen LogP contribution in [-0.2, 0) is 32.7 Å². The molecule has 0 heterocycles. The number of nitrogens with zero attached hydrogens (tertiary/aromatic N) is 1. The minimum absolute atomic E-state index is 0.0254. The highest BCUT2D eigenvalue weighted by atomic mass is 31.2. The van der Waals surface area contributed by atoms with Gasteiger partial charge in [0.25, 0.3) is 7.82 Å². The third-order valence-electron chi connectivity index (χ3n) is 11.4. The van der Waals surface area contributed by atoms with Crippen LogP contribution >= 0.6 is 7.82 Å². The van der Waals surface area contributed by atoms with Gasteiger partial charge in [-0.05, 0) is 12.8 Å². The van der Waals surface area contributed by atoms with E-state index < -0.39 is 26.5 Å². The standard InChI is InChI=1S/C49H98NO8P/c1-6-8-10-12-14-16-18-20-22-23-24-25-26-28-30-32-34-36-38-40-42-49(52)58-47(46-57-59(53,54)56-44-43-50(3,4)5)45-55-48(51)41-39-37-35-33-31-29-27-21-19-17-15-13-11-9-7-2/h47H,6-46H2,1-5H3. The first kappa shape index (κ1) is 58.0. The summed E-state index contributed by atoms with van der Waals surface area (Å²) in [6.45, 7) is 4.29. The summed E-state index contributed by atoms with van der Waals surface area (Å²) in [7, 11) is 1.19. The fourth-order valence-electron chi connectivity index (χ4n) is 7.42. The average molecular weight is 860 g/mol. The topological polar surface area (TPSA) is 111 Å². The maximum absolute atomic E-state index is 12.7. The minimum Gasteiger partial charge on any atom is -0.756 e. The van der Waals surface area contributed by atoms with Crippen LogP contribution in [0.3, 0.4) is 0 Å². The van der Waals surface area contributed by atoms with E-state index in [1.54, 1.807) is 0 Å². The van der Waals surface area contributed by atoms with Gasteiger partial charge >= 0.3 is 11.9 Å². The molecular formula is C49H98NO8P. The number of quaternary nitrogens is 1. The third kappa shape index (κ3) is 46.3. The molecule has 0 N–H and O–H groups in total. The van der Waals surface area contributed by atoms with Crippen LogP contribution in [0.5, 0.6) is 0 Å². The van der Waals surface area contributed by atoms with Gasteiger partial charge in [0.15, 0.2) is 6.10 Å². The molecule has 0 saturated carbocycles. The van der Waals surface area contributed by atoms with Gasteiger partial charge in [0, 0.05) is 12.8 Å². The molecule has 0 aromatic heterocycles. The molecule has 0 saturated heterocycles. The van der Waals surface area contributed by atoms with Gasteiger partial charge in [0.1, 0.15) is 19.8 Å². The van der Waals surface area contributed by atoms with E-state index in [0.29, 0.717) is 17.4 Å². The maximum Gasteiger partial charge on any atom is 0.306 e. The molecule has 0 aromatic carbocycles. The number of ether oxygens (including phenoxy) is 2. The van der Waals surface area contributed by atoms with E-state index in [4.69, 9.17) is 18.5 Å².